The van der Waals surface area contributed by atoms with E-state index < -0.39 is 5.97 Å². The number of methoxy groups -OCH3 is 2. The van der Waals surface area contributed by atoms with Gasteiger partial charge in [-0.2, -0.15) is 0 Å². The van der Waals surface area contributed by atoms with Crippen LogP contribution in [0.2, 0.25) is 15.1 Å². The molecule has 2 aromatic rings. The van der Waals surface area contributed by atoms with Crippen LogP contribution in [-0.4, -0.2) is 25.2 Å². The van der Waals surface area contributed by atoms with E-state index in [1.54, 1.807) is 19.2 Å². The molecule has 0 unspecified atom stereocenters. The van der Waals surface area contributed by atoms with Gasteiger partial charge in [0.05, 0.1) is 29.3 Å². The van der Waals surface area contributed by atoms with Crippen molar-refractivity contribution in [3.63, 3.8) is 0 Å². The third-order valence-corrected chi connectivity index (χ3v) is 4.55. The van der Waals surface area contributed by atoms with Crippen molar-refractivity contribution in [3.05, 3.63) is 50.2 Å². The number of rotatable bonds is 5. The number of carbonyl (C=O) groups excluding carboxylic acids is 1. The molecule has 0 aliphatic carbocycles. The molecule has 0 amide bonds. The molecular formula is C16H14Cl3NO4. The Morgan fingerprint density at radius 1 is 1.08 bits per heavy atom. The molecule has 1 heterocycles. The zero-order valence-electron chi connectivity index (χ0n) is 13.2. The molecule has 0 saturated heterocycles. The second-order valence-electron chi connectivity index (χ2n) is 4.79. The minimum absolute atomic E-state index is 0.0171. The highest BCUT2D eigenvalue weighted by molar-refractivity contribution is 6.48. The van der Waals surface area contributed by atoms with Crippen molar-refractivity contribution < 1.29 is 19.0 Å². The number of aryl methyl sites for hydroxylation is 1. The largest absolute Gasteiger partial charge is 0.493 e. The molecule has 1 aromatic carbocycles. The number of aromatic nitrogens is 1. The summed E-state index contributed by atoms with van der Waals surface area (Å²) in [7, 11) is 3.08. The fourth-order valence-corrected chi connectivity index (χ4v) is 2.53. The number of hydrogen-bond donors (Lipinski definition) is 0. The summed E-state index contributed by atoms with van der Waals surface area (Å²) in [6, 6.07) is 3.54. The summed E-state index contributed by atoms with van der Waals surface area (Å²) in [4.78, 5) is 16.0. The van der Waals surface area contributed by atoms with E-state index in [0.717, 1.165) is 11.1 Å². The minimum Gasteiger partial charge on any atom is -0.493 e. The van der Waals surface area contributed by atoms with Crippen LogP contribution in [0.5, 0.6) is 11.5 Å². The maximum Gasteiger partial charge on any atom is 0.358 e. The highest BCUT2D eigenvalue weighted by Gasteiger charge is 2.19. The Hall–Kier alpha value is -1.69. The molecule has 5 nitrogen and oxygen atoms in total. The molecule has 0 atom stereocenters. The van der Waals surface area contributed by atoms with Gasteiger partial charge in [0, 0.05) is 6.20 Å². The van der Waals surface area contributed by atoms with Crippen LogP contribution in [0.3, 0.4) is 0 Å². The lowest BCUT2D eigenvalue weighted by atomic mass is 10.1. The molecule has 0 radical (unpaired) electrons. The number of benzene rings is 1. The van der Waals surface area contributed by atoms with E-state index in [1.165, 1.54) is 13.3 Å². The average Bonchev–Trinajstić information content (AvgIpc) is 2.58. The van der Waals surface area contributed by atoms with E-state index in [0.29, 0.717) is 11.5 Å². The van der Waals surface area contributed by atoms with Gasteiger partial charge in [0.15, 0.2) is 17.2 Å². The monoisotopic (exact) mass is 389 g/mol. The highest BCUT2D eigenvalue weighted by Crippen LogP contribution is 2.32. The van der Waals surface area contributed by atoms with Gasteiger partial charge < -0.3 is 14.2 Å². The van der Waals surface area contributed by atoms with E-state index in [-0.39, 0.29) is 27.4 Å². The van der Waals surface area contributed by atoms with Crippen molar-refractivity contribution in [2.24, 2.45) is 0 Å². The lowest BCUT2D eigenvalue weighted by Crippen LogP contribution is -2.09. The van der Waals surface area contributed by atoms with Crippen molar-refractivity contribution in [3.8, 4) is 11.5 Å². The lowest BCUT2D eigenvalue weighted by molar-refractivity contribution is 0.0465. The zero-order chi connectivity index (χ0) is 17.9. The van der Waals surface area contributed by atoms with Gasteiger partial charge in [-0.15, -0.1) is 0 Å². The van der Waals surface area contributed by atoms with Gasteiger partial charge in [-0.1, -0.05) is 34.8 Å². The molecule has 0 fully saturated rings. The van der Waals surface area contributed by atoms with Crippen LogP contribution >= 0.6 is 34.8 Å². The molecule has 0 bridgehead atoms. The normalized spacial score (nSPS) is 10.4. The predicted molar refractivity (Wildman–Crippen MR) is 92.7 cm³/mol. The number of ether oxygens (including phenoxy) is 3. The molecule has 128 valence electrons. The van der Waals surface area contributed by atoms with E-state index in [4.69, 9.17) is 49.0 Å². The first-order chi connectivity index (χ1) is 11.4. The molecule has 0 aliphatic rings. The quantitative estimate of drug-likeness (QED) is 0.691. The molecule has 2 rings (SSSR count). The Balaban J connectivity index is 2.19. The van der Waals surface area contributed by atoms with Gasteiger partial charge in [0.2, 0.25) is 0 Å². The van der Waals surface area contributed by atoms with E-state index >= 15 is 0 Å². The van der Waals surface area contributed by atoms with Gasteiger partial charge in [-0.05, 0) is 30.2 Å². The Bertz CT molecular complexity index is 780. The first-order valence-corrected chi connectivity index (χ1v) is 7.90. The summed E-state index contributed by atoms with van der Waals surface area (Å²) >= 11 is 17.7. The Morgan fingerprint density at radius 2 is 1.71 bits per heavy atom. The second-order valence-corrected chi connectivity index (χ2v) is 5.96. The smallest absolute Gasteiger partial charge is 0.358 e. The molecule has 0 saturated carbocycles. The maximum atomic E-state index is 12.2. The number of nitrogens with zero attached hydrogens (tertiary/aromatic N) is 1. The van der Waals surface area contributed by atoms with Crippen LogP contribution < -0.4 is 9.47 Å². The van der Waals surface area contributed by atoms with Crippen molar-refractivity contribution in [2.75, 3.05) is 14.2 Å². The van der Waals surface area contributed by atoms with Crippen LogP contribution in [0.25, 0.3) is 0 Å². The van der Waals surface area contributed by atoms with Gasteiger partial charge in [-0.3, -0.25) is 0 Å². The number of pyridine rings is 1. The van der Waals surface area contributed by atoms with E-state index in [2.05, 4.69) is 4.98 Å². The average molecular weight is 391 g/mol. The lowest BCUT2D eigenvalue weighted by Gasteiger charge is -2.13. The SMILES string of the molecule is COc1cc(C)c(COC(=O)c2ncc(Cl)c(Cl)c2Cl)cc1OC. The summed E-state index contributed by atoms with van der Waals surface area (Å²) in [5, 5.41) is 0.176. The van der Waals surface area contributed by atoms with E-state index in [1.807, 2.05) is 6.92 Å². The molecular weight excluding hydrogens is 377 g/mol. The van der Waals surface area contributed by atoms with Gasteiger partial charge in [-0.25, -0.2) is 9.78 Å². The topological polar surface area (TPSA) is 57.7 Å². The molecule has 0 aliphatic heterocycles. The standard InChI is InChI=1S/C16H14Cl3NO4/c1-8-4-11(22-2)12(23-3)5-9(8)7-24-16(21)15-14(19)13(18)10(17)6-20-15/h4-6H,7H2,1-3H3. The van der Waals surface area contributed by atoms with Gasteiger partial charge in [0.25, 0.3) is 0 Å². The first kappa shape index (κ1) is 18.6. The van der Waals surface area contributed by atoms with Crippen LogP contribution in [0, 0.1) is 6.92 Å². The van der Waals surface area contributed by atoms with Crippen molar-refractivity contribution in [1.29, 1.82) is 0 Å². The Labute approximate surface area is 154 Å². The predicted octanol–water partition coefficient (Wildman–Crippen LogP) is 4.72. The number of halogens is 3. The molecule has 8 heteroatoms. The maximum absolute atomic E-state index is 12.2. The van der Waals surface area contributed by atoms with E-state index in [9.17, 15) is 4.79 Å². The van der Waals surface area contributed by atoms with Crippen molar-refractivity contribution in [1.82, 2.24) is 4.98 Å². The van der Waals surface area contributed by atoms with Crippen LogP contribution in [-0.2, 0) is 11.3 Å². The molecule has 0 N–H and O–H groups in total. The summed E-state index contributed by atoms with van der Waals surface area (Å²) < 4.78 is 15.7. The number of carbonyl (C=O) groups is 1. The zero-order valence-corrected chi connectivity index (χ0v) is 15.4. The Kier molecular flexibility index (Phi) is 6.15. The number of esters is 1. The van der Waals surface area contributed by atoms with Crippen LogP contribution in [0.4, 0.5) is 0 Å². The fraction of sp³-hybridized carbons (Fsp3) is 0.250. The third kappa shape index (κ3) is 3.86. The third-order valence-electron chi connectivity index (χ3n) is 3.31. The van der Waals surface area contributed by atoms with Crippen LogP contribution in [0.1, 0.15) is 21.6 Å². The summed E-state index contributed by atoms with van der Waals surface area (Å²) in [6.45, 7) is 1.89. The summed E-state index contributed by atoms with van der Waals surface area (Å²) in [5.41, 5.74) is 1.55. The fourth-order valence-electron chi connectivity index (χ4n) is 1.98. The van der Waals surface area contributed by atoms with Crippen molar-refractivity contribution >= 4 is 40.8 Å². The van der Waals surface area contributed by atoms with Gasteiger partial charge in [0.1, 0.15) is 6.61 Å². The highest BCUT2D eigenvalue weighted by atomic mass is 35.5. The summed E-state index contributed by atoms with van der Waals surface area (Å²) in [6.07, 6.45) is 1.24. The second kappa shape index (κ2) is 7.92. The number of hydrogen-bond acceptors (Lipinski definition) is 5. The van der Waals surface area contributed by atoms with Gasteiger partial charge >= 0.3 is 5.97 Å². The molecule has 0 spiro atoms. The van der Waals surface area contributed by atoms with Crippen LogP contribution in [0.15, 0.2) is 18.3 Å². The van der Waals surface area contributed by atoms with Crippen molar-refractivity contribution in [2.45, 2.75) is 13.5 Å². The minimum atomic E-state index is -0.701. The molecule has 24 heavy (non-hydrogen) atoms. The summed E-state index contributed by atoms with van der Waals surface area (Å²) in [5.74, 6) is 0.437. The molecule has 1 aromatic heterocycles. The Morgan fingerprint density at radius 3 is 2.33 bits per heavy atom. The first-order valence-electron chi connectivity index (χ1n) is 6.77.